The zero-order valence-electron chi connectivity index (χ0n) is 7.14. The molecule has 0 aromatic rings. The molecule has 1 atom stereocenters. The minimum absolute atomic E-state index is 0.142. The standard InChI is InChI=1S/C7H12N2O3S/c1-2-5-13(11,12)9-4-3-6(9)7(8)10/h2,6H,1,3-5H2,(H2,8,10). The number of carbonyl (C=O) groups excluding carboxylic acids is 1. The second-order valence-corrected chi connectivity index (χ2v) is 4.85. The minimum atomic E-state index is -3.35. The first-order valence-corrected chi connectivity index (χ1v) is 5.49. The van der Waals surface area contributed by atoms with Crippen LogP contribution in [-0.2, 0) is 14.8 Å². The highest BCUT2D eigenvalue weighted by Gasteiger charge is 2.40. The summed E-state index contributed by atoms with van der Waals surface area (Å²) in [6.45, 7) is 3.71. The molecule has 1 amide bonds. The summed E-state index contributed by atoms with van der Waals surface area (Å²) >= 11 is 0. The predicted molar refractivity (Wildman–Crippen MR) is 48.3 cm³/mol. The van der Waals surface area contributed by atoms with Gasteiger partial charge in [0.2, 0.25) is 15.9 Å². The monoisotopic (exact) mass is 204 g/mol. The SMILES string of the molecule is C=CCS(=O)(=O)N1CCC1C(N)=O. The summed E-state index contributed by atoms with van der Waals surface area (Å²) in [5.74, 6) is -0.726. The Bertz CT molecular complexity index is 323. The predicted octanol–water partition coefficient (Wildman–Crippen LogP) is -0.938. The van der Waals surface area contributed by atoms with E-state index < -0.39 is 22.0 Å². The molecule has 1 rings (SSSR count). The maximum absolute atomic E-state index is 11.4. The van der Waals surface area contributed by atoms with Gasteiger partial charge >= 0.3 is 0 Å². The van der Waals surface area contributed by atoms with Gasteiger partial charge in [-0.25, -0.2) is 8.42 Å². The molecule has 5 nitrogen and oxygen atoms in total. The lowest BCUT2D eigenvalue weighted by Gasteiger charge is -2.36. The second-order valence-electron chi connectivity index (χ2n) is 2.88. The highest BCUT2D eigenvalue weighted by Crippen LogP contribution is 2.21. The Hall–Kier alpha value is -0.880. The minimum Gasteiger partial charge on any atom is -0.368 e. The third kappa shape index (κ3) is 1.89. The van der Waals surface area contributed by atoms with Crippen molar-refractivity contribution in [3.05, 3.63) is 12.7 Å². The van der Waals surface area contributed by atoms with Crippen LogP contribution in [0.1, 0.15) is 6.42 Å². The molecule has 0 aliphatic carbocycles. The van der Waals surface area contributed by atoms with E-state index in [1.54, 1.807) is 0 Å². The molecule has 1 fully saturated rings. The van der Waals surface area contributed by atoms with Crippen LogP contribution in [0.3, 0.4) is 0 Å². The summed E-state index contributed by atoms with van der Waals surface area (Å²) in [6.07, 6.45) is 1.82. The van der Waals surface area contributed by atoms with Crippen LogP contribution in [0.2, 0.25) is 0 Å². The lowest BCUT2D eigenvalue weighted by atomic mass is 10.1. The molecule has 1 heterocycles. The van der Waals surface area contributed by atoms with Crippen LogP contribution >= 0.6 is 0 Å². The fourth-order valence-electron chi connectivity index (χ4n) is 1.23. The zero-order chi connectivity index (χ0) is 10.1. The second kappa shape index (κ2) is 3.47. The number of nitrogens with zero attached hydrogens (tertiary/aromatic N) is 1. The van der Waals surface area contributed by atoms with Crippen LogP contribution in [0.4, 0.5) is 0 Å². The summed E-state index contributed by atoms with van der Waals surface area (Å²) in [6, 6.07) is -0.648. The Labute approximate surface area is 77.3 Å². The van der Waals surface area contributed by atoms with Crippen molar-refractivity contribution in [1.82, 2.24) is 4.31 Å². The number of primary amides is 1. The molecule has 74 valence electrons. The van der Waals surface area contributed by atoms with Gasteiger partial charge in [-0.3, -0.25) is 4.79 Å². The molecule has 2 N–H and O–H groups in total. The Morgan fingerprint density at radius 3 is 2.62 bits per heavy atom. The molecule has 1 saturated heterocycles. The van der Waals surface area contributed by atoms with Crippen LogP contribution in [0, 0.1) is 0 Å². The maximum Gasteiger partial charge on any atom is 0.235 e. The molecule has 1 unspecified atom stereocenters. The van der Waals surface area contributed by atoms with E-state index in [-0.39, 0.29) is 5.75 Å². The normalized spacial score (nSPS) is 23.5. The van der Waals surface area contributed by atoms with Gasteiger partial charge in [0.05, 0.1) is 5.75 Å². The lowest BCUT2D eigenvalue weighted by molar-refractivity contribution is -0.124. The van der Waals surface area contributed by atoms with Crippen molar-refractivity contribution in [1.29, 1.82) is 0 Å². The number of amides is 1. The van der Waals surface area contributed by atoms with Gasteiger partial charge in [-0.2, -0.15) is 4.31 Å². The molecular formula is C7H12N2O3S. The summed E-state index contributed by atoms with van der Waals surface area (Å²) in [5, 5.41) is 0. The van der Waals surface area contributed by atoms with Gasteiger partial charge in [0.1, 0.15) is 6.04 Å². The molecular weight excluding hydrogens is 192 g/mol. The fraction of sp³-hybridized carbons (Fsp3) is 0.571. The van der Waals surface area contributed by atoms with E-state index in [9.17, 15) is 13.2 Å². The number of carbonyl (C=O) groups is 1. The highest BCUT2D eigenvalue weighted by atomic mass is 32.2. The van der Waals surface area contributed by atoms with Gasteiger partial charge in [0, 0.05) is 6.54 Å². The number of hydrogen-bond acceptors (Lipinski definition) is 3. The average Bonchev–Trinajstić information content (AvgIpc) is 1.79. The number of rotatable bonds is 4. The first-order chi connectivity index (χ1) is 5.99. The van der Waals surface area contributed by atoms with E-state index in [1.807, 2.05) is 0 Å². The van der Waals surface area contributed by atoms with Gasteiger partial charge in [0.15, 0.2) is 0 Å². The van der Waals surface area contributed by atoms with Gasteiger partial charge in [-0.05, 0) is 6.42 Å². The number of sulfonamides is 1. The summed E-state index contributed by atoms with van der Waals surface area (Å²) in [5.41, 5.74) is 5.01. The van der Waals surface area contributed by atoms with E-state index in [4.69, 9.17) is 5.73 Å². The van der Waals surface area contributed by atoms with Crippen LogP contribution in [0.15, 0.2) is 12.7 Å². The molecule has 0 aromatic carbocycles. The van der Waals surface area contributed by atoms with Crippen molar-refractivity contribution in [2.45, 2.75) is 12.5 Å². The average molecular weight is 204 g/mol. The molecule has 1 aliphatic heterocycles. The van der Waals surface area contributed by atoms with Crippen molar-refractivity contribution in [2.24, 2.45) is 5.73 Å². The highest BCUT2D eigenvalue weighted by molar-refractivity contribution is 7.89. The topological polar surface area (TPSA) is 80.5 Å². The van der Waals surface area contributed by atoms with E-state index in [0.29, 0.717) is 13.0 Å². The van der Waals surface area contributed by atoms with Crippen molar-refractivity contribution < 1.29 is 13.2 Å². The first kappa shape index (κ1) is 10.2. The summed E-state index contributed by atoms with van der Waals surface area (Å²) < 4.78 is 23.9. The van der Waals surface area contributed by atoms with Crippen LogP contribution in [-0.4, -0.2) is 37.0 Å². The zero-order valence-corrected chi connectivity index (χ0v) is 7.96. The van der Waals surface area contributed by atoms with Gasteiger partial charge in [0.25, 0.3) is 0 Å². The van der Waals surface area contributed by atoms with E-state index in [2.05, 4.69) is 6.58 Å². The Morgan fingerprint density at radius 1 is 1.69 bits per heavy atom. The molecule has 13 heavy (non-hydrogen) atoms. The van der Waals surface area contributed by atoms with Crippen LogP contribution < -0.4 is 5.73 Å². The molecule has 0 saturated carbocycles. The van der Waals surface area contributed by atoms with Crippen molar-refractivity contribution >= 4 is 15.9 Å². The fourth-order valence-corrected chi connectivity index (χ4v) is 2.70. The summed E-state index contributed by atoms with van der Waals surface area (Å²) in [7, 11) is -3.35. The van der Waals surface area contributed by atoms with Crippen molar-refractivity contribution in [2.75, 3.05) is 12.3 Å². The largest absolute Gasteiger partial charge is 0.368 e. The molecule has 0 radical (unpaired) electrons. The smallest absolute Gasteiger partial charge is 0.235 e. The van der Waals surface area contributed by atoms with E-state index in [1.165, 1.54) is 6.08 Å². The third-order valence-electron chi connectivity index (χ3n) is 1.98. The molecule has 0 bridgehead atoms. The van der Waals surface area contributed by atoms with Crippen molar-refractivity contribution in [3.63, 3.8) is 0 Å². The van der Waals surface area contributed by atoms with Gasteiger partial charge < -0.3 is 5.73 Å². The third-order valence-corrected chi connectivity index (χ3v) is 3.79. The van der Waals surface area contributed by atoms with Crippen LogP contribution in [0.5, 0.6) is 0 Å². The van der Waals surface area contributed by atoms with E-state index >= 15 is 0 Å². The quantitative estimate of drug-likeness (QED) is 0.600. The number of hydrogen-bond donors (Lipinski definition) is 1. The Balaban J connectivity index is 2.74. The van der Waals surface area contributed by atoms with Gasteiger partial charge in [-0.1, -0.05) is 6.08 Å². The number of nitrogens with two attached hydrogens (primary N) is 1. The molecule has 6 heteroatoms. The van der Waals surface area contributed by atoms with Crippen molar-refractivity contribution in [3.8, 4) is 0 Å². The molecule has 0 aromatic heterocycles. The first-order valence-electron chi connectivity index (χ1n) is 3.89. The van der Waals surface area contributed by atoms with Crippen LogP contribution in [0.25, 0.3) is 0 Å². The Kier molecular flexibility index (Phi) is 2.72. The summed E-state index contributed by atoms with van der Waals surface area (Å²) in [4.78, 5) is 10.7. The lowest BCUT2D eigenvalue weighted by Crippen LogP contribution is -2.57. The van der Waals surface area contributed by atoms with E-state index in [0.717, 1.165) is 4.31 Å². The van der Waals surface area contributed by atoms with Gasteiger partial charge in [-0.15, -0.1) is 6.58 Å². The molecule has 0 spiro atoms. The maximum atomic E-state index is 11.4. The Morgan fingerprint density at radius 2 is 2.31 bits per heavy atom. The molecule has 1 aliphatic rings.